The van der Waals surface area contributed by atoms with E-state index < -0.39 is 0 Å². The standard InChI is InChI=1S/C11H12N2O/c12-7-9-2-1-3-10(6-9)13-11-4-5-14-8-11/h1-3,6,11,13H,4-5,8H2. The van der Waals surface area contributed by atoms with Gasteiger partial charge >= 0.3 is 0 Å². The SMILES string of the molecule is N#Cc1cccc(NC2CCOC2)c1. The fraction of sp³-hybridized carbons (Fsp3) is 0.364. The molecule has 0 saturated carbocycles. The molecule has 0 bridgehead atoms. The third-order valence-corrected chi connectivity index (χ3v) is 2.29. The molecule has 1 fully saturated rings. The van der Waals surface area contributed by atoms with Crippen molar-refractivity contribution >= 4 is 5.69 Å². The highest BCUT2D eigenvalue weighted by atomic mass is 16.5. The summed E-state index contributed by atoms with van der Waals surface area (Å²) < 4.78 is 5.26. The molecule has 72 valence electrons. The summed E-state index contributed by atoms with van der Waals surface area (Å²) in [5.41, 5.74) is 1.69. The second-order valence-electron chi connectivity index (χ2n) is 3.40. The Bertz CT molecular complexity index is 351. The van der Waals surface area contributed by atoms with Crippen LogP contribution in [0.15, 0.2) is 24.3 Å². The summed E-state index contributed by atoms with van der Waals surface area (Å²) in [6.07, 6.45) is 1.04. The molecule has 14 heavy (non-hydrogen) atoms. The van der Waals surface area contributed by atoms with E-state index in [0.717, 1.165) is 25.3 Å². The Hall–Kier alpha value is -1.53. The fourth-order valence-corrected chi connectivity index (χ4v) is 1.56. The van der Waals surface area contributed by atoms with Crippen LogP contribution < -0.4 is 5.32 Å². The number of benzene rings is 1. The molecule has 1 aromatic carbocycles. The zero-order valence-corrected chi connectivity index (χ0v) is 7.86. The van der Waals surface area contributed by atoms with Crippen LogP contribution in [-0.4, -0.2) is 19.3 Å². The molecule has 0 aromatic heterocycles. The van der Waals surface area contributed by atoms with Crippen LogP contribution in [0.5, 0.6) is 0 Å². The Morgan fingerprint density at radius 2 is 2.43 bits per heavy atom. The van der Waals surface area contributed by atoms with Crippen LogP contribution in [0.25, 0.3) is 0 Å². The van der Waals surface area contributed by atoms with E-state index in [-0.39, 0.29) is 0 Å². The Kier molecular flexibility index (Phi) is 2.66. The molecule has 2 rings (SSSR count). The zero-order valence-electron chi connectivity index (χ0n) is 7.86. The van der Waals surface area contributed by atoms with E-state index in [4.69, 9.17) is 10.00 Å². The lowest BCUT2D eigenvalue weighted by molar-refractivity contribution is 0.195. The minimum Gasteiger partial charge on any atom is -0.380 e. The molecule has 0 radical (unpaired) electrons. The van der Waals surface area contributed by atoms with Gasteiger partial charge in [0.25, 0.3) is 0 Å². The predicted octanol–water partition coefficient (Wildman–Crippen LogP) is 1.76. The van der Waals surface area contributed by atoms with Gasteiger partial charge in [-0.15, -0.1) is 0 Å². The summed E-state index contributed by atoms with van der Waals surface area (Å²) in [6.45, 7) is 1.59. The average molecular weight is 188 g/mol. The number of nitrogens with one attached hydrogen (secondary N) is 1. The van der Waals surface area contributed by atoms with Crippen molar-refractivity contribution in [3.05, 3.63) is 29.8 Å². The first-order valence-electron chi connectivity index (χ1n) is 4.73. The quantitative estimate of drug-likeness (QED) is 0.769. The topological polar surface area (TPSA) is 45.0 Å². The highest BCUT2D eigenvalue weighted by Crippen LogP contribution is 2.14. The molecule has 1 atom stereocenters. The third kappa shape index (κ3) is 2.04. The van der Waals surface area contributed by atoms with Gasteiger partial charge in [0.05, 0.1) is 24.3 Å². The first kappa shape index (κ1) is 9.04. The van der Waals surface area contributed by atoms with Crippen molar-refractivity contribution in [2.45, 2.75) is 12.5 Å². The van der Waals surface area contributed by atoms with Crippen LogP contribution in [0.4, 0.5) is 5.69 Å². The van der Waals surface area contributed by atoms with Gasteiger partial charge < -0.3 is 10.1 Å². The number of hydrogen-bond donors (Lipinski definition) is 1. The van der Waals surface area contributed by atoms with Gasteiger partial charge in [-0.1, -0.05) is 6.07 Å². The highest BCUT2D eigenvalue weighted by Gasteiger charge is 2.14. The molecule has 0 aliphatic carbocycles. The molecule has 1 heterocycles. The minimum atomic E-state index is 0.393. The minimum absolute atomic E-state index is 0.393. The summed E-state index contributed by atoms with van der Waals surface area (Å²) in [5, 5.41) is 12.1. The zero-order chi connectivity index (χ0) is 9.80. The van der Waals surface area contributed by atoms with Crippen LogP contribution in [0.2, 0.25) is 0 Å². The molecule has 1 aromatic rings. The fourth-order valence-electron chi connectivity index (χ4n) is 1.56. The average Bonchev–Trinajstić information content (AvgIpc) is 2.71. The first-order chi connectivity index (χ1) is 6.88. The van der Waals surface area contributed by atoms with E-state index >= 15 is 0 Å². The summed E-state index contributed by atoms with van der Waals surface area (Å²) in [5.74, 6) is 0. The first-order valence-corrected chi connectivity index (χ1v) is 4.73. The third-order valence-electron chi connectivity index (χ3n) is 2.29. The van der Waals surface area contributed by atoms with E-state index in [1.807, 2.05) is 18.2 Å². The van der Waals surface area contributed by atoms with Crippen molar-refractivity contribution < 1.29 is 4.74 Å². The molecule has 0 spiro atoms. The Morgan fingerprint density at radius 1 is 1.50 bits per heavy atom. The van der Waals surface area contributed by atoms with Gasteiger partial charge in [-0.3, -0.25) is 0 Å². The molecule has 0 amide bonds. The predicted molar refractivity (Wildman–Crippen MR) is 54.0 cm³/mol. The summed E-state index contributed by atoms with van der Waals surface area (Å²) in [6, 6.07) is 10.0. The molecule has 3 heteroatoms. The normalized spacial score (nSPS) is 20.4. The van der Waals surface area contributed by atoms with Crippen LogP contribution in [0, 0.1) is 11.3 Å². The number of hydrogen-bond acceptors (Lipinski definition) is 3. The monoisotopic (exact) mass is 188 g/mol. The van der Waals surface area contributed by atoms with Crippen LogP contribution in [-0.2, 0) is 4.74 Å². The smallest absolute Gasteiger partial charge is 0.0992 e. The Morgan fingerprint density at radius 3 is 3.14 bits per heavy atom. The van der Waals surface area contributed by atoms with E-state index in [1.54, 1.807) is 6.07 Å². The van der Waals surface area contributed by atoms with E-state index in [0.29, 0.717) is 11.6 Å². The lowest BCUT2D eigenvalue weighted by Crippen LogP contribution is -2.18. The Labute approximate surface area is 83.3 Å². The molecular weight excluding hydrogens is 176 g/mol. The summed E-state index contributed by atoms with van der Waals surface area (Å²) in [4.78, 5) is 0. The van der Waals surface area contributed by atoms with Crippen LogP contribution in [0.1, 0.15) is 12.0 Å². The molecule has 1 saturated heterocycles. The molecular formula is C11H12N2O. The van der Waals surface area contributed by atoms with Gasteiger partial charge in [0, 0.05) is 12.3 Å². The number of nitriles is 1. The van der Waals surface area contributed by atoms with Gasteiger partial charge in [-0.2, -0.15) is 5.26 Å². The van der Waals surface area contributed by atoms with Crippen molar-refractivity contribution in [1.29, 1.82) is 5.26 Å². The van der Waals surface area contributed by atoms with E-state index in [2.05, 4.69) is 11.4 Å². The summed E-state index contributed by atoms with van der Waals surface area (Å²) in [7, 11) is 0. The van der Waals surface area contributed by atoms with Crippen molar-refractivity contribution in [2.75, 3.05) is 18.5 Å². The maximum Gasteiger partial charge on any atom is 0.0992 e. The number of rotatable bonds is 2. The largest absolute Gasteiger partial charge is 0.380 e. The van der Waals surface area contributed by atoms with Crippen LogP contribution in [0.3, 0.4) is 0 Å². The maximum atomic E-state index is 8.72. The Balaban J connectivity index is 2.05. The lowest BCUT2D eigenvalue weighted by Gasteiger charge is -2.11. The lowest BCUT2D eigenvalue weighted by atomic mass is 10.2. The van der Waals surface area contributed by atoms with Gasteiger partial charge in [0.1, 0.15) is 0 Å². The van der Waals surface area contributed by atoms with Crippen LogP contribution >= 0.6 is 0 Å². The summed E-state index contributed by atoms with van der Waals surface area (Å²) >= 11 is 0. The van der Waals surface area contributed by atoms with Crippen molar-refractivity contribution in [2.24, 2.45) is 0 Å². The number of anilines is 1. The number of ether oxygens (including phenoxy) is 1. The molecule has 1 unspecified atom stereocenters. The van der Waals surface area contributed by atoms with E-state index in [9.17, 15) is 0 Å². The highest BCUT2D eigenvalue weighted by molar-refractivity contribution is 5.49. The molecule has 1 aliphatic heterocycles. The van der Waals surface area contributed by atoms with Crippen molar-refractivity contribution in [3.8, 4) is 6.07 Å². The second-order valence-corrected chi connectivity index (χ2v) is 3.40. The molecule has 1 aliphatic rings. The molecule has 3 nitrogen and oxygen atoms in total. The number of nitrogens with zero attached hydrogens (tertiary/aromatic N) is 1. The van der Waals surface area contributed by atoms with Gasteiger partial charge in [0.2, 0.25) is 0 Å². The van der Waals surface area contributed by atoms with Gasteiger partial charge in [-0.05, 0) is 24.6 Å². The van der Waals surface area contributed by atoms with Gasteiger partial charge in [0.15, 0.2) is 0 Å². The molecule has 1 N–H and O–H groups in total. The maximum absolute atomic E-state index is 8.72. The van der Waals surface area contributed by atoms with E-state index in [1.165, 1.54) is 0 Å². The van der Waals surface area contributed by atoms with Gasteiger partial charge in [-0.25, -0.2) is 0 Å². The van der Waals surface area contributed by atoms with Crippen molar-refractivity contribution in [3.63, 3.8) is 0 Å². The second kappa shape index (κ2) is 4.12. The van der Waals surface area contributed by atoms with Crippen molar-refractivity contribution in [1.82, 2.24) is 0 Å².